The molecule has 0 aliphatic heterocycles. The number of rotatable bonds is 4. The van der Waals surface area contributed by atoms with E-state index >= 15 is 0 Å². The topological polar surface area (TPSA) is 55.1 Å². The van der Waals surface area contributed by atoms with Crippen LogP contribution >= 0.6 is 0 Å². The molecule has 0 heterocycles. The van der Waals surface area contributed by atoms with Gasteiger partial charge in [-0.25, -0.2) is 0 Å². The van der Waals surface area contributed by atoms with E-state index in [0.717, 1.165) is 43.9 Å². The van der Waals surface area contributed by atoms with E-state index in [9.17, 15) is 4.79 Å². The summed E-state index contributed by atoms with van der Waals surface area (Å²) in [6.45, 7) is 4.63. The monoisotopic (exact) mass is 252 g/mol. The van der Waals surface area contributed by atoms with Gasteiger partial charge in [0.25, 0.3) is 0 Å². The first-order valence-electron chi connectivity index (χ1n) is 7.65. The van der Waals surface area contributed by atoms with Gasteiger partial charge in [-0.1, -0.05) is 20.3 Å². The second kappa shape index (κ2) is 5.60. The van der Waals surface area contributed by atoms with Gasteiger partial charge in [0, 0.05) is 6.04 Å². The molecule has 3 nitrogen and oxygen atoms in total. The van der Waals surface area contributed by atoms with E-state index in [1.807, 2.05) is 0 Å². The average molecular weight is 252 g/mol. The highest BCUT2D eigenvalue weighted by Gasteiger charge is 2.41. The van der Waals surface area contributed by atoms with Crippen LogP contribution in [0.25, 0.3) is 0 Å². The summed E-state index contributed by atoms with van der Waals surface area (Å²) in [6.07, 6.45) is 8.89. The molecule has 0 aromatic rings. The summed E-state index contributed by atoms with van der Waals surface area (Å²) in [5.74, 6) is 1.79. The van der Waals surface area contributed by atoms with Crippen LogP contribution in [0.2, 0.25) is 0 Å². The Morgan fingerprint density at radius 2 is 1.94 bits per heavy atom. The van der Waals surface area contributed by atoms with Crippen molar-refractivity contribution >= 4 is 5.91 Å². The van der Waals surface area contributed by atoms with Crippen LogP contribution in [0.1, 0.15) is 65.2 Å². The fourth-order valence-electron chi connectivity index (χ4n) is 3.28. The minimum absolute atomic E-state index is 0.0979. The largest absolute Gasteiger partial charge is 0.352 e. The van der Waals surface area contributed by atoms with Gasteiger partial charge in [-0.05, 0) is 56.8 Å². The molecule has 0 radical (unpaired) electrons. The van der Waals surface area contributed by atoms with Crippen LogP contribution in [0.4, 0.5) is 0 Å². The Morgan fingerprint density at radius 1 is 1.33 bits per heavy atom. The van der Waals surface area contributed by atoms with E-state index in [0.29, 0.717) is 6.04 Å². The SMILES string of the molecule is CCC(C)[C@H]1CC[C@H](NC(=O)C2(N)CCC2)CC1. The molecule has 0 aromatic carbocycles. The van der Waals surface area contributed by atoms with Crippen molar-refractivity contribution in [2.45, 2.75) is 76.8 Å². The smallest absolute Gasteiger partial charge is 0.240 e. The number of hydrogen-bond acceptors (Lipinski definition) is 2. The van der Waals surface area contributed by atoms with E-state index in [1.165, 1.54) is 19.3 Å². The first kappa shape index (κ1) is 13.9. The zero-order chi connectivity index (χ0) is 13.2. The fourth-order valence-corrected chi connectivity index (χ4v) is 3.28. The van der Waals surface area contributed by atoms with Crippen LogP contribution in [0.15, 0.2) is 0 Å². The molecule has 0 spiro atoms. The number of hydrogen-bond donors (Lipinski definition) is 2. The van der Waals surface area contributed by atoms with Gasteiger partial charge in [0.2, 0.25) is 5.91 Å². The van der Waals surface area contributed by atoms with Crippen LogP contribution in [0.5, 0.6) is 0 Å². The van der Waals surface area contributed by atoms with Gasteiger partial charge in [0.05, 0.1) is 5.54 Å². The molecule has 0 saturated heterocycles. The Morgan fingerprint density at radius 3 is 2.39 bits per heavy atom. The molecule has 3 N–H and O–H groups in total. The molecule has 1 unspecified atom stereocenters. The summed E-state index contributed by atoms with van der Waals surface area (Å²) in [6, 6.07) is 0.374. The van der Waals surface area contributed by atoms with E-state index in [-0.39, 0.29) is 5.91 Å². The maximum absolute atomic E-state index is 12.1. The maximum Gasteiger partial charge on any atom is 0.240 e. The Hall–Kier alpha value is -0.570. The normalized spacial score (nSPS) is 32.4. The summed E-state index contributed by atoms with van der Waals surface area (Å²) in [4.78, 5) is 12.1. The van der Waals surface area contributed by atoms with E-state index in [4.69, 9.17) is 5.73 Å². The van der Waals surface area contributed by atoms with Crippen LogP contribution in [-0.2, 0) is 4.79 Å². The van der Waals surface area contributed by atoms with Crippen molar-refractivity contribution in [1.82, 2.24) is 5.32 Å². The molecule has 18 heavy (non-hydrogen) atoms. The Bertz CT molecular complexity index is 291. The summed E-state index contributed by atoms with van der Waals surface area (Å²) in [7, 11) is 0. The lowest BCUT2D eigenvalue weighted by Gasteiger charge is -2.39. The number of amides is 1. The maximum atomic E-state index is 12.1. The van der Waals surface area contributed by atoms with Gasteiger partial charge in [-0.3, -0.25) is 4.79 Å². The second-order valence-electron chi connectivity index (χ2n) is 6.48. The van der Waals surface area contributed by atoms with E-state index < -0.39 is 5.54 Å². The number of nitrogens with two attached hydrogens (primary N) is 1. The minimum atomic E-state index is -0.534. The summed E-state index contributed by atoms with van der Waals surface area (Å²) >= 11 is 0. The van der Waals surface area contributed by atoms with Crippen LogP contribution in [-0.4, -0.2) is 17.5 Å². The molecular formula is C15H28N2O. The van der Waals surface area contributed by atoms with Crippen molar-refractivity contribution in [2.24, 2.45) is 17.6 Å². The highest BCUT2D eigenvalue weighted by molar-refractivity contribution is 5.87. The molecule has 1 atom stereocenters. The molecule has 2 fully saturated rings. The van der Waals surface area contributed by atoms with E-state index in [2.05, 4.69) is 19.2 Å². The van der Waals surface area contributed by atoms with Crippen molar-refractivity contribution in [3.05, 3.63) is 0 Å². The van der Waals surface area contributed by atoms with E-state index in [1.54, 1.807) is 0 Å². The predicted octanol–water partition coefficient (Wildman–Crippen LogP) is 2.59. The first-order valence-corrected chi connectivity index (χ1v) is 7.65. The molecule has 0 bridgehead atoms. The zero-order valence-corrected chi connectivity index (χ0v) is 11.9. The summed E-state index contributed by atoms with van der Waals surface area (Å²) in [5.41, 5.74) is 5.51. The van der Waals surface area contributed by atoms with Crippen molar-refractivity contribution < 1.29 is 4.79 Å². The standard InChI is InChI=1S/C15H28N2O/c1-3-11(2)12-5-7-13(8-6-12)17-14(18)15(16)9-4-10-15/h11-13H,3-10,16H2,1-2H3,(H,17,18)/t11?,12-,13-. The average Bonchev–Trinajstić information content (AvgIpc) is 2.35. The summed E-state index contributed by atoms with van der Waals surface area (Å²) < 4.78 is 0. The third-order valence-electron chi connectivity index (χ3n) is 5.25. The third-order valence-corrected chi connectivity index (χ3v) is 5.25. The minimum Gasteiger partial charge on any atom is -0.352 e. The van der Waals surface area contributed by atoms with Crippen molar-refractivity contribution in [3.8, 4) is 0 Å². The molecule has 1 amide bonds. The van der Waals surface area contributed by atoms with Crippen LogP contribution in [0.3, 0.4) is 0 Å². The van der Waals surface area contributed by atoms with Gasteiger partial charge < -0.3 is 11.1 Å². The molecule has 104 valence electrons. The van der Waals surface area contributed by atoms with Crippen molar-refractivity contribution in [2.75, 3.05) is 0 Å². The number of carbonyl (C=O) groups is 1. The Balaban J connectivity index is 1.75. The lowest BCUT2D eigenvalue weighted by Crippen LogP contribution is -2.60. The third kappa shape index (κ3) is 2.87. The fraction of sp³-hybridized carbons (Fsp3) is 0.933. The Labute approximate surface area is 111 Å². The van der Waals surface area contributed by atoms with Crippen molar-refractivity contribution in [1.29, 1.82) is 0 Å². The molecule has 2 saturated carbocycles. The van der Waals surface area contributed by atoms with Gasteiger partial charge in [-0.15, -0.1) is 0 Å². The predicted molar refractivity (Wildman–Crippen MR) is 74.1 cm³/mol. The lowest BCUT2D eigenvalue weighted by atomic mass is 9.75. The second-order valence-corrected chi connectivity index (χ2v) is 6.48. The van der Waals surface area contributed by atoms with Gasteiger partial charge in [0.15, 0.2) is 0 Å². The number of carbonyl (C=O) groups excluding carboxylic acids is 1. The highest BCUT2D eigenvalue weighted by Crippen LogP contribution is 2.33. The summed E-state index contributed by atoms with van der Waals surface area (Å²) in [5, 5.41) is 3.17. The van der Waals surface area contributed by atoms with Gasteiger partial charge >= 0.3 is 0 Å². The quantitative estimate of drug-likeness (QED) is 0.808. The Kier molecular flexibility index (Phi) is 4.31. The molecule has 3 heteroatoms. The molecule has 0 aromatic heterocycles. The van der Waals surface area contributed by atoms with Crippen LogP contribution < -0.4 is 11.1 Å². The molecule has 2 aliphatic rings. The lowest BCUT2D eigenvalue weighted by molar-refractivity contribution is -0.130. The van der Waals surface area contributed by atoms with Gasteiger partial charge in [-0.2, -0.15) is 0 Å². The van der Waals surface area contributed by atoms with Gasteiger partial charge in [0.1, 0.15) is 0 Å². The highest BCUT2D eigenvalue weighted by atomic mass is 16.2. The molecule has 2 rings (SSSR count). The molecule has 2 aliphatic carbocycles. The van der Waals surface area contributed by atoms with Crippen molar-refractivity contribution in [3.63, 3.8) is 0 Å². The first-order chi connectivity index (χ1) is 8.55. The number of nitrogens with one attached hydrogen (secondary N) is 1. The zero-order valence-electron chi connectivity index (χ0n) is 11.9. The molecular weight excluding hydrogens is 224 g/mol. The van der Waals surface area contributed by atoms with Crippen LogP contribution in [0, 0.1) is 11.8 Å².